The zero-order chi connectivity index (χ0) is 8.69. The molecule has 0 aliphatic carbocycles. The molecule has 0 spiro atoms. The maximum atomic E-state index is 3.71. The lowest BCUT2D eigenvalue weighted by molar-refractivity contribution is 0.559. The average molecular weight is 152 g/mol. The summed E-state index contributed by atoms with van der Waals surface area (Å²) in [6, 6.07) is 0. The fourth-order valence-corrected chi connectivity index (χ4v) is 0.939. The van der Waals surface area contributed by atoms with Crippen LogP contribution in [0.2, 0.25) is 0 Å². The van der Waals surface area contributed by atoms with E-state index in [9.17, 15) is 0 Å². The Hall–Kier alpha value is -0.520. The van der Waals surface area contributed by atoms with E-state index in [0.717, 1.165) is 5.92 Å². The van der Waals surface area contributed by atoms with E-state index in [1.165, 1.54) is 24.8 Å². The molecule has 0 N–H and O–H groups in total. The second kappa shape index (κ2) is 6.21. The Bertz CT molecular complexity index is 129. The minimum atomic E-state index is 0.840. The molecule has 0 rings (SSSR count). The van der Waals surface area contributed by atoms with Crippen LogP contribution in [0.3, 0.4) is 0 Å². The van der Waals surface area contributed by atoms with E-state index >= 15 is 0 Å². The van der Waals surface area contributed by atoms with Crippen LogP contribution in [0.4, 0.5) is 0 Å². The van der Waals surface area contributed by atoms with Crippen LogP contribution in [0.5, 0.6) is 0 Å². The minimum absolute atomic E-state index is 0.840. The summed E-state index contributed by atoms with van der Waals surface area (Å²) >= 11 is 0. The molecule has 0 radical (unpaired) electrons. The third-order valence-corrected chi connectivity index (χ3v) is 1.77. The largest absolute Gasteiger partial charge is 0.0988 e. The first kappa shape index (κ1) is 10.5. The van der Waals surface area contributed by atoms with Gasteiger partial charge in [0.2, 0.25) is 0 Å². The van der Waals surface area contributed by atoms with Crippen LogP contribution < -0.4 is 0 Å². The van der Waals surface area contributed by atoms with Gasteiger partial charge in [0.15, 0.2) is 0 Å². The van der Waals surface area contributed by atoms with Gasteiger partial charge in [-0.1, -0.05) is 44.6 Å². The average Bonchev–Trinajstić information content (AvgIpc) is 1.97. The van der Waals surface area contributed by atoms with Crippen molar-refractivity contribution in [3.05, 3.63) is 24.3 Å². The van der Waals surface area contributed by atoms with Gasteiger partial charge in [-0.2, -0.15) is 0 Å². The number of allylic oxidation sites excluding steroid dienone is 3. The van der Waals surface area contributed by atoms with E-state index in [-0.39, 0.29) is 0 Å². The monoisotopic (exact) mass is 152 g/mol. The Balaban J connectivity index is 3.33. The molecule has 0 saturated heterocycles. The summed E-state index contributed by atoms with van der Waals surface area (Å²) in [4.78, 5) is 0. The van der Waals surface area contributed by atoms with Gasteiger partial charge in [0.25, 0.3) is 0 Å². The van der Waals surface area contributed by atoms with Gasteiger partial charge in [-0.05, 0) is 25.7 Å². The van der Waals surface area contributed by atoms with Crippen molar-refractivity contribution in [2.45, 2.75) is 40.0 Å². The van der Waals surface area contributed by atoms with Crippen molar-refractivity contribution in [3.8, 4) is 0 Å². The molecule has 0 aromatic heterocycles. The van der Waals surface area contributed by atoms with Gasteiger partial charge in [-0.15, -0.1) is 0 Å². The molecule has 0 aliphatic rings. The summed E-state index contributed by atoms with van der Waals surface area (Å²) in [6.45, 7) is 10.3. The van der Waals surface area contributed by atoms with Crippen LogP contribution in [0, 0.1) is 5.92 Å². The van der Waals surface area contributed by atoms with Gasteiger partial charge in [0.1, 0.15) is 0 Å². The van der Waals surface area contributed by atoms with Crippen LogP contribution in [0.1, 0.15) is 40.0 Å². The van der Waals surface area contributed by atoms with Crippen molar-refractivity contribution in [3.63, 3.8) is 0 Å². The quantitative estimate of drug-likeness (QED) is 0.413. The van der Waals surface area contributed by atoms with Crippen molar-refractivity contribution >= 4 is 0 Å². The highest BCUT2D eigenvalue weighted by atomic mass is 14.0. The Morgan fingerprint density at radius 1 is 1.45 bits per heavy atom. The van der Waals surface area contributed by atoms with Crippen molar-refractivity contribution in [1.82, 2.24) is 0 Å². The van der Waals surface area contributed by atoms with E-state index in [0.29, 0.717) is 0 Å². The summed E-state index contributed by atoms with van der Waals surface area (Å²) < 4.78 is 0. The fraction of sp³-hybridized carbons (Fsp3) is 0.636. The van der Waals surface area contributed by atoms with E-state index in [1.807, 2.05) is 6.08 Å². The third kappa shape index (κ3) is 7.38. The smallest absolute Gasteiger partial charge is 0.0345 e. The van der Waals surface area contributed by atoms with Crippen LogP contribution in [0.15, 0.2) is 24.3 Å². The SMILES string of the molecule is C=CC(C)=CCCCC(C)C. The van der Waals surface area contributed by atoms with Crippen LogP contribution >= 0.6 is 0 Å². The van der Waals surface area contributed by atoms with Crippen molar-refractivity contribution in [2.24, 2.45) is 5.92 Å². The summed E-state index contributed by atoms with van der Waals surface area (Å²) in [5.74, 6) is 0.840. The van der Waals surface area contributed by atoms with Gasteiger partial charge in [0, 0.05) is 0 Å². The molecule has 0 atom stereocenters. The van der Waals surface area contributed by atoms with E-state index in [1.54, 1.807) is 0 Å². The number of unbranched alkanes of at least 4 members (excludes halogenated alkanes) is 1. The zero-order valence-corrected chi connectivity index (χ0v) is 8.06. The zero-order valence-electron chi connectivity index (χ0n) is 8.06. The second-order valence-electron chi connectivity index (χ2n) is 3.48. The maximum Gasteiger partial charge on any atom is -0.0345 e. The van der Waals surface area contributed by atoms with Crippen molar-refractivity contribution < 1.29 is 0 Å². The molecule has 0 aromatic carbocycles. The summed E-state index contributed by atoms with van der Waals surface area (Å²) in [7, 11) is 0. The van der Waals surface area contributed by atoms with E-state index in [4.69, 9.17) is 0 Å². The molecule has 0 heterocycles. The molecular formula is C11H20. The Morgan fingerprint density at radius 3 is 2.55 bits per heavy atom. The van der Waals surface area contributed by atoms with Crippen molar-refractivity contribution in [2.75, 3.05) is 0 Å². The highest BCUT2D eigenvalue weighted by molar-refractivity contribution is 5.12. The molecule has 0 amide bonds. The predicted molar refractivity (Wildman–Crippen MR) is 52.6 cm³/mol. The first-order valence-corrected chi connectivity index (χ1v) is 4.46. The molecule has 0 bridgehead atoms. The predicted octanol–water partition coefficient (Wildman–Crippen LogP) is 3.95. The number of hydrogen-bond donors (Lipinski definition) is 0. The Morgan fingerprint density at radius 2 is 2.09 bits per heavy atom. The fourth-order valence-electron chi connectivity index (χ4n) is 0.939. The van der Waals surface area contributed by atoms with Gasteiger partial charge in [0.05, 0.1) is 0 Å². The molecule has 0 fully saturated rings. The lowest BCUT2D eigenvalue weighted by Crippen LogP contribution is -1.85. The molecule has 0 saturated carbocycles. The van der Waals surface area contributed by atoms with Gasteiger partial charge >= 0.3 is 0 Å². The molecule has 11 heavy (non-hydrogen) atoms. The molecule has 0 heteroatoms. The summed E-state index contributed by atoms with van der Waals surface area (Å²) in [6.07, 6.45) is 8.02. The van der Waals surface area contributed by atoms with Gasteiger partial charge < -0.3 is 0 Å². The van der Waals surface area contributed by atoms with Gasteiger partial charge in [-0.25, -0.2) is 0 Å². The Kier molecular flexibility index (Phi) is 5.91. The Labute approximate surface area is 71.0 Å². The molecule has 0 unspecified atom stereocenters. The molecule has 0 nitrogen and oxygen atoms in total. The molecule has 0 aromatic rings. The second-order valence-corrected chi connectivity index (χ2v) is 3.48. The summed E-state index contributed by atoms with van der Waals surface area (Å²) in [5.41, 5.74) is 1.30. The molecular weight excluding hydrogens is 132 g/mol. The topological polar surface area (TPSA) is 0 Å². The van der Waals surface area contributed by atoms with Crippen LogP contribution in [-0.4, -0.2) is 0 Å². The standard InChI is InChI=1S/C11H20/c1-5-11(4)9-7-6-8-10(2)3/h5,9-10H,1,6-8H2,2-4H3. The van der Waals surface area contributed by atoms with Crippen molar-refractivity contribution in [1.29, 1.82) is 0 Å². The normalized spacial score (nSPS) is 12.2. The minimum Gasteiger partial charge on any atom is -0.0988 e. The first-order valence-electron chi connectivity index (χ1n) is 4.46. The van der Waals surface area contributed by atoms with E-state index < -0.39 is 0 Å². The van der Waals surface area contributed by atoms with Crippen LogP contribution in [-0.2, 0) is 0 Å². The number of rotatable bonds is 5. The van der Waals surface area contributed by atoms with Gasteiger partial charge in [-0.3, -0.25) is 0 Å². The number of hydrogen-bond acceptors (Lipinski definition) is 0. The third-order valence-electron chi connectivity index (χ3n) is 1.77. The van der Waals surface area contributed by atoms with E-state index in [2.05, 4.69) is 33.4 Å². The maximum absolute atomic E-state index is 3.71. The summed E-state index contributed by atoms with van der Waals surface area (Å²) in [5, 5.41) is 0. The highest BCUT2D eigenvalue weighted by Gasteiger charge is 1.91. The molecule has 0 aliphatic heterocycles. The molecule has 64 valence electrons. The first-order chi connectivity index (χ1) is 5.16. The lowest BCUT2D eigenvalue weighted by Gasteiger charge is -2.00. The lowest BCUT2D eigenvalue weighted by atomic mass is 10.1. The van der Waals surface area contributed by atoms with Crippen LogP contribution in [0.25, 0.3) is 0 Å². The highest BCUT2D eigenvalue weighted by Crippen LogP contribution is 2.07.